The van der Waals surface area contributed by atoms with Gasteiger partial charge in [0.1, 0.15) is 23.4 Å². The number of halogens is 2. The molecule has 8 heteroatoms. The molecule has 3 aromatic carbocycles. The second-order valence-electron chi connectivity index (χ2n) is 7.74. The fourth-order valence-electron chi connectivity index (χ4n) is 3.64. The number of amides is 2. The number of aryl methyl sites for hydroxylation is 1. The van der Waals surface area contributed by atoms with Crippen LogP contribution in [0.2, 0.25) is 0 Å². The molecule has 0 bridgehead atoms. The molecule has 1 atom stereocenters. The van der Waals surface area contributed by atoms with Gasteiger partial charge in [0.15, 0.2) is 0 Å². The van der Waals surface area contributed by atoms with Crippen molar-refractivity contribution >= 4 is 23.2 Å². The van der Waals surface area contributed by atoms with Crippen molar-refractivity contribution in [2.45, 2.75) is 19.4 Å². The van der Waals surface area contributed by atoms with E-state index in [2.05, 4.69) is 15.3 Å². The Morgan fingerprint density at radius 1 is 0.943 bits per heavy atom. The zero-order valence-corrected chi connectivity index (χ0v) is 18.9. The van der Waals surface area contributed by atoms with E-state index in [0.29, 0.717) is 11.3 Å². The van der Waals surface area contributed by atoms with Crippen molar-refractivity contribution in [3.05, 3.63) is 120 Å². The van der Waals surface area contributed by atoms with Crippen LogP contribution >= 0.6 is 0 Å². The largest absolute Gasteiger partial charge is 0.324 e. The molecule has 6 nitrogen and oxygen atoms in total. The van der Waals surface area contributed by atoms with Crippen LogP contribution in [0.1, 0.15) is 34.6 Å². The predicted molar refractivity (Wildman–Crippen MR) is 129 cm³/mol. The van der Waals surface area contributed by atoms with Crippen LogP contribution in [0.3, 0.4) is 0 Å². The summed E-state index contributed by atoms with van der Waals surface area (Å²) in [7, 11) is 0. The first-order chi connectivity index (χ1) is 17.0. The van der Waals surface area contributed by atoms with Gasteiger partial charge in [-0.3, -0.25) is 19.5 Å². The number of carbonyl (C=O) groups is 2. The maximum absolute atomic E-state index is 14.2. The van der Waals surface area contributed by atoms with E-state index >= 15 is 0 Å². The van der Waals surface area contributed by atoms with Crippen LogP contribution in [0.5, 0.6) is 0 Å². The average Bonchev–Trinajstić information content (AvgIpc) is 2.88. The van der Waals surface area contributed by atoms with Gasteiger partial charge in [0.05, 0.1) is 6.20 Å². The Kier molecular flexibility index (Phi) is 7.21. The van der Waals surface area contributed by atoms with Crippen LogP contribution in [0.15, 0.2) is 91.4 Å². The summed E-state index contributed by atoms with van der Waals surface area (Å²) in [4.78, 5) is 36.6. The lowest BCUT2D eigenvalue weighted by atomic mass is 10.00. The van der Waals surface area contributed by atoms with Gasteiger partial charge in [0.2, 0.25) is 0 Å². The lowest BCUT2D eigenvalue weighted by molar-refractivity contribution is -0.117. The molecule has 35 heavy (non-hydrogen) atoms. The molecule has 0 aliphatic heterocycles. The monoisotopic (exact) mass is 472 g/mol. The van der Waals surface area contributed by atoms with Crippen molar-refractivity contribution in [3.63, 3.8) is 0 Å². The first-order valence-electron chi connectivity index (χ1n) is 11.0. The van der Waals surface area contributed by atoms with Gasteiger partial charge in [0, 0.05) is 23.8 Å². The third-order valence-electron chi connectivity index (χ3n) is 5.41. The van der Waals surface area contributed by atoms with Crippen molar-refractivity contribution in [3.8, 4) is 0 Å². The summed E-state index contributed by atoms with van der Waals surface area (Å²) in [5, 5.41) is 2.74. The molecule has 1 N–H and O–H groups in total. The Balaban J connectivity index is 1.84. The minimum absolute atomic E-state index is 0.0125. The van der Waals surface area contributed by atoms with E-state index in [1.54, 1.807) is 12.1 Å². The molecule has 0 saturated carbocycles. The number of hydrogen-bond donors (Lipinski definition) is 1. The predicted octanol–water partition coefficient (Wildman–Crippen LogP) is 5.34. The summed E-state index contributed by atoms with van der Waals surface area (Å²) in [5.41, 5.74) is 2.05. The summed E-state index contributed by atoms with van der Waals surface area (Å²) in [6.07, 6.45) is 4.86. The summed E-state index contributed by atoms with van der Waals surface area (Å²) < 4.78 is 27.6. The normalized spacial score (nSPS) is 11.5. The molecule has 4 aromatic rings. The highest BCUT2D eigenvalue weighted by molar-refractivity contribution is 6.11. The fourth-order valence-corrected chi connectivity index (χ4v) is 3.64. The molecule has 1 heterocycles. The minimum Gasteiger partial charge on any atom is -0.324 e. The van der Waals surface area contributed by atoms with Gasteiger partial charge in [-0.2, -0.15) is 0 Å². The van der Waals surface area contributed by atoms with E-state index in [1.165, 1.54) is 72.0 Å². The molecular weight excluding hydrogens is 450 g/mol. The van der Waals surface area contributed by atoms with E-state index in [9.17, 15) is 18.4 Å². The third-order valence-corrected chi connectivity index (χ3v) is 5.41. The number of nitrogens with one attached hydrogen (secondary N) is 1. The van der Waals surface area contributed by atoms with Gasteiger partial charge >= 0.3 is 0 Å². The summed E-state index contributed by atoms with van der Waals surface area (Å²) >= 11 is 0. The summed E-state index contributed by atoms with van der Waals surface area (Å²) in [6, 6.07) is 16.7. The van der Waals surface area contributed by atoms with Crippen LogP contribution in [0.4, 0.5) is 20.2 Å². The maximum atomic E-state index is 14.2. The summed E-state index contributed by atoms with van der Waals surface area (Å²) in [5.74, 6) is -2.22. The van der Waals surface area contributed by atoms with Gasteiger partial charge < -0.3 is 5.32 Å². The Morgan fingerprint density at radius 3 is 2.31 bits per heavy atom. The number of benzene rings is 3. The molecule has 0 radical (unpaired) electrons. The maximum Gasteiger partial charge on any atom is 0.279 e. The highest BCUT2D eigenvalue weighted by Gasteiger charge is 2.34. The molecule has 0 aliphatic carbocycles. The van der Waals surface area contributed by atoms with Crippen molar-refractivity contribution in [2.75, 3.05) is 10.2 Å². The lowest BCUT2D eigenvalue weighted by Crippen LogP contribution is -2.42. The Morgan fingerprint density at radius 2 is 1.69 bits per heavy atom. The smallest absolute Gasteiger partial charge is 0.279 e. The topological polar surface area (TPSA) is 75.2 Å². The van der Waals surface area contributed by atoms with Crippen LogP contribution in [-0.2, 0) is 11.2 Å². The minimum atomic E-state index is -1.19. The highest BCUT2D eigenvalue weighted by Crippen LogP contribution is 2.31. The third kappa shape index (κ3) is 5.55. The first kappa shape index (κ1) is 23.7. The van der Waals surface area contributed by atoms with Gasteiger partial charge in [-0.05, 0) is 60.0 Å². The van der Waals surface area contributed by atoms with Crippen LogP contribution < -0.4 is 10.2 Å². The van der Waals surface area contributed by atoms with Gasteiger partial charge in [-0.25, -0.2) is 13.8 Å². The van der Waals surface area contributed by atoms with E-state index in [0.717, 1.165) is 12.0 Å². The van der Waals surface area contributed by atoms with Crippen molar-refractivity contribution in [2.24, 2.45) is 0 Å². The number of anilines is 2. The lowest BCUT2D eigenvalue weighted by Gasteiger charge is -2.31. The number of nitrogens with zero attached hydrogens (tertiary/aromatic N) is 3. The quantitative estimate of drug-likeness (QED) is 0.394. The van der Waals surface area contributed by atoms with E-state index < -0.39 is 29.5 Å². The zero-order chi connectivity index (χ0) is 24.8. The fraction of sp³-hybridized carbons (Fsp3) is 0.111. The van der Waals surface area contributed by atoms with E-state index in [-0.39, 0.29) is 11.4 Å². The number of carbonyl (C=O) groups excluding carboxylic acids is 2. The zero-order valence-electron chi connectivity index (χ0n) is 18.9. The van der Waals surface area contributed by atoms with Crippen molar-refractivity contribution in [1.82, 2.24) is 9.97 Å². The molecule has 0 spiro atoms. The molecule has 0 aliphatic rings. The summed E-state index contributed by atoms with van der Waals surface area (Å²) in [6.45, 7) is 2.00. The molecule has 4 rings (SSSR count). The molecule has 0 saturated heterocycles. The highest BCUT2D eigenvalue weighted by atomic mass is 19.1. The van der Waals surface area contributed by atoms with E-state index in [1.807, 2.05) is 19.1 Å². The Bertz CT molecular complexity index is 1310. The number of rotatable bonds is 7. The second kappa shape index (κ2) is 10.6. The van der Waals surface area contributed by atoms with Crippen molar-refractivity contribution in [1.29, 1.82) is 0 Å². The Labute approximate surface area is 201 Å². The average molecular weight is 472 g/mol. The second-order valence-corrected chi connectivity index (χ2v) is 7.74. The van der Waals surface area contributed by atoms with Gasteiger partial charge in [0.25, 0.3) is 11.8 Å². The van der Waals surface area contributed by atoms with Crippen LogP contribution in [0, 0.1) is 11.6 Å². The molecule has 1 aromatic heterocycles. The first-order valence-corrected chi connectivity index (χ1v) is 11.0. The van der Waals surface area contributed by atoms with Gasteiger partial charge in [-0.15, -0.1) is 0 Å². The van der Waals surface area contributed by atoms with Crippen LogP contribution in [0.25, 0.3) is 0 Å². The molecule has 0 fully saturated rings. The molecule has 1 unspecified atom stereocenters. The number of aromatic nitrogens is 2. The van der Waals surface area contributed by atoms with Crippen LogP contribution in [-0.4, -0.2) is 21.8 Å². The Hall–Kier alpha value is -4.46. The number of hydrogen-bond acceptors (Lipinski definition) is 4. The molecular formula is C27H22F2N4O2. The van der Waals surface area contributed by atoms with Crippen molar-refractivity contribution < 1.29 is 18.4 Å². The van der Waals surface area contributed by atoms with Gasteiger partial charge in [-0.1, -0.05) is 37.3 Å². The van der Waals surface area contributed by atoms with E-state index in [4.69, 9.17) is 0 Å². The molecule has 176 valence electrons. The SMILES string of the molecule is CCc1ccc(C(C(=O)Nc2ccc(F)cc2)N(C(=O)c2cnccn2)c2cccc(F)c2)cc1. The molecule has 2 amide bonds. The standard InChI is InChI=1S/C27H22F2N4O2/c1-2-18-6-8-19(9-7-18)25(26(34)32-22-12-10-20(28)11-13-22)33(23-5-3-4-21(29)16-23)27(35)24-17-30-14-15-31-24/h3-17,25H,2H2,1H3,(H,32,34).